The average Bonchev–Trinajstić information content (AvgIpc) is 2.76. The van der Waals surface area contributed by atoms with Crippen LogP contribution in [0, 0.1) is 0 Å². The summed E-state index contributed by atoms with van der Waals surface area (Å²) in [5.74, 6) is 1.58. The molecule has 2 saturated heterocycles. The summed E-state index contributed by atoms with van der Waals surface area (Å²) in [5, 5.41) is 0. The van der Waals surface area contributed by atoms with Crippen molar-refractivity contribution in [2.75, 3.05) is 27.2 Å². The van der Waals surface area contributed by atoms with Gasteiger partial charge >= 0.3 is 0 Å². The van der Waals surface area contributed by atoms with Crippen LogP contribution in [0.3, 0.4) is 0 Å². The molecule has 0 aromatic heterocycles. The summed E-state index contributed by atoms with van der Waals surface area (Å²) < 4.78 is 33.0. The van der Waals surface area contributed by atoms with E-state index in [1.54, 1.807) is 32.3 Å². The van der Waals surface area contributed by atoms with Crippen molar-refractivity contribution in [1.29, 1.82) is 0 Å². The van der Waals surface area contributed by atoms with Gasteiger partial charge in [0.05, 0.1) is 4.90 Å². The van der Waals surface area contributed by atoms with Crippen molar-refractivity contribution < 1.29 is 13.2 Å². The molecule has 6 heteroatoms. The lowest BCUT2D eigenvalue weighted by molar-refractivity contribution is 0.133. The Hall–Kier alpha value is -2.15. The SMILES string of the molecule is CN(C)S(=O)(=O)c1ccc2c(c1)C(=C1CCC3CCCCN3C1)c1ccccc1O2. The molecule has 0 bridgehead atoms. The molecule has 0 amide bonds. The minimum atomic E-state index is -3.52. The lowest BCUT2D eigenvalue weighted by atomic mass is 9.83. The zero-order valence-corrected chi connectivity index (χ0v) is 18.4. The van der Waals surface area contributed by atoms with Gasteiger partial charge in [-0.1, -0.05) is 24.6 Å². The van der Waals surface area contributed by atoms with Crippen LogP contribution >= 0.6 is 0 Å². The van der Waals surface area contributed by atoms with Crippen molar-refractivity contribution in [3.05, 3.63) is 59.2 Å². The standard InChI is InChI=1S/C24H28N2O3S/c1-25(2)30(27,28)19-12-13-23-21(15-19)24(20-8-3-4-9-22(20)29-23)17-10-11-18-7-5-6-14-26(18)16-17/h3-4,8-9,12-13,15,18H,5-7,10-11,14,16H2,1-2H3. The largest absolute Gasteiger partial charge is 0.456 e. The molecule has 5 nitrogen and oxygen atoms in total. The Morgan fingerprint density at radius 2 is 1.80 bits per heavy atom. The van der Waals surface area contributed by atoms with Crippen molar-refractivity contribution in [2.24, 2.45) is 0 Å². The minimum Gasteiger partial charge on any atom is -0.456 e. The van der Waals surface area contributed by atoms with E-state index >= 15 is 0 Å². The zero-order chi connectivity index (χ0) is 20.9. The predicted molar refractivity (Wildman–Crippen MR) is 118 cm³/mol. The molecule has 2 aromatic carbocycles. The lowest BCUT2D eigenvalue weighted by Gasteiger charge is -2.41. The summed E-state index contributed by atoms with van der Waals surface area (Å²) in [5.41, 5.74) is 4.51. The molecule has 2 fully saturated rings. The highest BCUT2D eigenvalue weighted by molar-refractivity contribution is 7.89. The first kappa shape index (κ1) is 19.8. The van der Waals surface area contributed by atoms with E-state index in [4.69, 9.17) is 4.74 Å². The summed E-state index contributed by atoms with van der Waals surface area (Å²) >= 11 is 0. The predicted octanol–water partition coefficient (Wildman–Crippen LogP) is 4.49. The van der Waals surface area contributed by atoms with Crippen molar-refractivity contribution in [2.45, 2.75) is 43.0 Å². The molecule has 3 aliphatic rings. The van der Waals surface area contributed by atoms with Crippen LogP contribution in [0.15, 0.2) is 52.9 Å². The third-order valence-electron chi connectivity index (χ3n) is 6.65. The van der Waals surface area contributed by atoms with Gasteiger partial charge in [0.1, 0.15) is 11.5 Å². The minimum absolute atomic E-state index is 0.305. The van der Waals surface area contributed by atoms with E-state index in [2.05, 4.69) is 11.0 Å². The maximum absolute atomic E-state index is 12.8. The average molecular weight is 425 g/mol. The molecule has 2 aromatic rings. The molecule has 3 heterocycles. The number of para-hydroxylation sites is 1. The summed E-state index contributed by atoms with van der Waals surface area (Å²) in [6.45, 7) is 2.11. The van der Waals surface area contributed by atoms with Crippen LogP contribution in [0.4, 0.5) is 0 Å². The van der Waals surface area contributed by atoms with E-state index in [-0.39, 0.29) is 0 Å². The fourth-order valence-electron chi connectivity index (χ4n) is 5.04. The van der Waals surface area contributed by atoms with Crippen LogP contribution in [0.1, 0.15) is 43.2 Å². The Kier molecular flexibility index (Phi) is 4.96. The maximum Gasteiger partial charge on any atom is 0.242 e. The van der Waals surface area contributed by atoms with Crippen molar-refractivity contribution in [1.82, 2.24) is 9.21 Å². The molecule has 0 saturated carbocycles. The maximum atomic E-state index is 12.8. The van der Waals surface area contributed by atoms with Gasteiger partial charge in [-0.15, -0.1) is 0 Å². The quantitative estimate of drug-likeness (QED) is 0.608. The molecule has 1 unspecified atom stereocenters. The fourth-order valence-corrected chi connectivity index (χ4v) is 5.96. The second-order valence-corrected chi connectivity index (χ2v) is 10.8. The van der Waals surface area contributed by atoms with E-state index in [9.17, 15) is 8.42 Å². The van der Waals surface area contributed by atoms with Gasteiger partial charge in [0.25, 0.3) is 0 Å². The molecule has 0 N–H and O–H groups in total. The van der Waals surface area contributed by atoms with Crippen LogP contribution < -0.4 is 4.74 Å². The Morgan fingerprint density at radius 1 is 1.00 bits per heavy atom. The van der Waals surface area contributed by atoms with Gasteiger partial charge in [0, 0.05) is 37.8 Å². The molecular formula is C24H28N2O3S. The molecule has 0 spiro atoms. The number of nitrogens with zero attached hydrogens (tertiary/aromatic N) is 2. The number of hydrogen-bond donors (Lipinski definition) is 0. The Labute approximate surface area is 179 Å². The summed E-state index contributed by atoms with van der Waals surface area (Å²) in [6, 6.07) is 14.0. The van der Waals surface area contributed by atoms with Crippen molar-refractivity contribution in [3.8, 4) is 11.5 Å². The topological polar surface area (TPSA) is 49.9 Å². The molecular weight excluding hydrogens is 396 g/mol. The van der Waals surface area contributed by atoms with Gasteiger partial charge in [0.15, 0.2) is 0 Å². The fraction of sp³-hybridized carbons (Fsp3) is 0.417. The van der Waals surface area contributed by atoms with Gasteiger partial charge in [0.2, 0.25) is 10.0 Å². The van der Waals surface area contributed by atoms with E-state index in [1.807, 2.05) is 18.2 Å². The van der Waals surface area contributed by atoms with Crippen molar-refractivity contribution in [3.63, 3.8) is 0 Å². The first-order valence-electron chi connectivity index (χ1n) is 10.8. The zero-order valence-electron chi connectivity index (χ0n) is 17.6. The van der Waals surface area contributed by atoms with Crippen LogP contribution in [0.25, 0.3) is 5.57 Å². The van der Waals surface area contributed by atoms with Crippen LogP contribution in [0.5, 0.6) is 11.5 Å². The number of rotatable bonds is 2. The second kappa shape index (κ2) is 7.52. The Balaban J connectivity index is 1.67. The molecule has 0 radical (unpaired) electrons. The van der Waals surface area contributed by atoms with Gasteiger partial charge in [-0.3, -0.25) is 4.90 Å². The monoisotopic (exact) mass is 424 g/mol. The first-order chi connectivity index (χ1) is 14.4. The number of ether oxygens (including phenoxy) is 1. The summed E-state index contributed by atoms with van der Waals surface area (Å²) in [4.78, 5) is 2.92. The Bertz CT molecular complexity index is 1120. The molecule has 5 rings (SSSR count). The van der Waals surface area contributed by atoms with Gasteiger partial charge in [-0.25, -0.2) is 12.7 Å². The number of benzene rings is 2. The highest BCUT2D eigenvalue weighted by Gasteiger charge is 2.32. The number of sulfonamides is 1. The molecule has 1 atom stereocenters. The molecule has 3 aliphatic heterocycles. The van der Waals surface area contributed by atoms with Crippen LogP contribution in [-0.2, 0) is 10.0 Å². The number of piperidine rings is 2. The molecule has 0 aliphatic carbocycles. The first-order valence-corrected chi connectivity index (χ1v) is 12.2. The normalized spacial score (nSPS) is 24.0. The van der Waals surface area contributed by atoms with E-state index in [0.29, 0.717) is 10.9 Å². The summed E-state index contributed by atoms with van der Waals surface area (Å²) in [6.07, 6.45) is 6.12. The number of hydrogen-bond acceptors (Lipinski definition) is 4. The van der Waals surface area contributed by atoms with Crippen LogP contribution in [0.2, 0.25) is 0 Å². The third-order valence-corrected chi connectivity index (χ3v) is 8.46. The summed E-state index contributed by atoms with van der Waals surface area (Å²) in [7, 11) is -0.382. The van der Waals surface area contributed by atoms with Crippen molar-refractivity contribution >= 4 is 15.6 Å². The van der Waals surface area contributed by atoms with E-state index in [0.717, 1.165) is 47.7 Å². The molecule has 158 valence electrons. The third kappa shape index (κ3) is 3.27. The Morgan fingerprint density at radius 3 is 2.63 bits per heavy atom. The smallest absolute Gasteiger partial charge is 0.242 e. The van der Waals surface area contributed by atoms with Crippen LogP contribution in [-0.4, -0.2) is 50.8 Å². The number of fused-ring (bicyclic) bond motifs is 3. The highest BCUT2D eigenvalue weighted by Crippen LogP contribution is 2.47. The highest BCUT2D eigenvalue weighted by atomic mass is 32.2. The second-order valence-electron chi connectivity index (χ2n) is 8.68. The van der Waals surface area contributed by atoms with E-state index < -0.39 is 10.0 Å². The van der Waals surface area contributed by atoms with Gasteiger partial charge in [-0.05, 0) is 67.6 Å². The van der Waals surface area contributed by atoms with E-state index in [1.165, 1.54) is 35.6 Å². The molecule has 30 heavy (non-hydrogen) atoms. The van der Waals surface area contributed by atoms with Gasteiger partial charge in [-0.2, -0.15) is 0 Å². The van der Waals surface area contributed by atoms with Gasteiger partial charge < -0.3 is 4.74 Å². The lowest BCUT2D eigenvalue weighted by Crippen LogP contribution is -2.43.